The van der Waals surface area contributed by atoms with E-state index in [4.69, 9.17) is 5.73 Å². The Bertz CT molecular complexity index is 385. The summed E-state index contributed by atoms with van der Waals surface area (Å²) in [6.45, 7) is 1.13. The zero-order valence-electron chi connectivity index (χ0n) is 10.3. The number of rotatable bonds is 2. The molecule has 1 aliphatic heterocycles. The summed E-state index contributed by atoms with van der Waals surface area (Å²) in [5, 5.41) is 0. The first-order valence-corrected chi connectivity index (χ1v) is 6.83. The van der Waals surface area contributed by atoms with Crippen LogP contribution >= 0.6 is 0 Å². The third-order valence-electron chi connectivity index (χ3n) is 4.33. The van der Waals surface area contributed by atoms with E-state index < -0.39 is 0 Å². The second-order valence-corrected chi connectivity index (χ2v) is 5.36. The number of hydrogen-bond donors (Lipinski definition) is 1. The lowest BCUT2D eigenvalue weighted by Crippen LogP contribution is -2.35. The van der Waals surface area contributed by atoms with Gasteiger partial charge in [0.25, 0.3) is 0 Å². The van der Waals surface area contributed by atoms with Crippen molar-refractivity contribution in [2.24, 2.45) is 5.92 Å². The van der Waals surface area contributed by atoms with Gasteiger partial charge in [0.15, 0.2) is 5.82 Å². The van der Waals surface area contributed by atoms with Crippen molar-refractivity contribution in [2.45, 2.75) is 44.6 Å². The van der Waals surface area contributed by atoms with Gasteiger partial charge in [-0.05, 0) is 43.7 Å². The number of anilines is 2. The molecule has 3 rings (SSSR count). The van der Waals surface area contributed by atoms with Crippen LogP contribution in [-0.2, 0) is 0 Å². The van der Waals surface area contributed by atoms with E-state index in [1.807, 2.05) is 18.3 Å². The first-order chi connectivity index (χ1) is 8.36. The fraction of sp³-hybridized carbons (Fsp3) is 0.643. The molecule has 0 bridgehead atoms. The Hall–Kier alpha value is -1.25. The fourth-order valence-corrected chi connectivity index (χ4v) is 3.54. The molecule has 3 heteroatoms. The van der Waals surface area contributed by atoms with E-state index in [0.29, 0.717) is 6.04 Å². The Kier molecular flexibility index (Phi) is 2.91. The van der Waals surface area contributed by atoms with Gasteiger partial charge in [0.1, 0.15) is 0 Å². The van der Waals surface area contributed by atoms with Gasteiger partial charge < -0.3 is 10.6 Å². The maximum atomic E-state index is 6.06. The van der Waals surface area contributed by atoms with E-state index in [-0.39, 0.29) is 0 Å². The lowest BCUT2D eigenvalue weighted by molar-refractivity contribution is 0.429. The molecule has 3 nitrogen and oxygen atoms in total. The topological polar surface area (TPSA) is 42.1 Å². The molecule has 1 atom stereocenters. The van der Waals surface area contributed by atoms with Crippen molar-refractivity contribution in [3.05, 3.63) is 18.3 Å². The molecule has 1 aromatic heterocycles. The summed E-state index contributed by atoms with van der Waals surface area (Å²) in [6.07, 6.45) is 10.1. The van der Waals surface area contributed by atoms with Crippen molar-refractivity contribution in [2.75, 3.05) is 17.2 Å². The Morgan fingerprint density at radius 2 is 2.00 bits per heavy atom. The second kappa shape index (κ2) is 4.55. The van der Waals surface area contributed by atoms with Crippen molar-refractivity contribution in [3.8, 4) is 0 Å². The van der Waals surface area contributed by atoms with Crippen LogP contribution in [0.4, 0.5) is 11.5 Å². The van der Waals surface area contributed by atoms with Gasteiger partial charge >= 0.3 is 0 Å². The third-order valence-corrected chi connectivity index (χ3v) is 4.33. The summed E-state index contributed by atoms with van der Waals surface area (Å²) in [7, 11) is 0. The summed E-state index contributed by atoms with van der Waals surface area (Å²) in [5.41, 5.74) is 6.89. The lowest BCUT2D eigenvalue weighted by atomic mass is 9.96. The Morgan fingerprint density at radius 3 is 2.76 bits per heavy atom. The third kappa shape index (κ3) is 1.99. The standard InChI is InChI=1S/C14H21N3/c15-12-7-3-9-16-14(12)17-10-4-8-13(17)11-5-1-2-6-11/h3,7,9,11,13H,1-2,4-6,8,10,15H2. The first-order valence-electron chi connectivity index (χ1n) is 6.83. The van der Waals surface area contributed by atoms with Crippen molar-refractivity contribution >= 4 is 11.5 Å². The number of pyridine rings is 1. The molecule has 2 aliphatic rings. The van der Waals surface area contributed by atoms with Crippen LogP contribution in [0, 0.1) is 5.92 Å². The van der Waals surface area contributed by atoms with Crippen LogP contribution in [0.2, 0.25) is 0 Å². The number of aromatic nitrogens is 1. The molecular formula is C14H21N3. The molecule has 1 aromatic rings. The van der Waals surface area contributed by atoms with Crippen LogP contribution in [0.3, 0.4) is 0 Å². The molecule has 0 spiro atoms. The van der Waals surface area contributed by atoms with Gasteiger partial charge in [-0.25, -0.2) is 4.98 Å². The quantitative estimate of drug-likeness (QED) is 0.851. The van der Waals surface area contributed by atoms with Crippen LogP contribution < -0.4 is 10.6 Å². The highest BCUT2D eigenvalue weighted by atomic mass is 15.2. The van der Waals surface area contributed by atoms with E-state index in [1.165, 1.54) is 38.5 Å². The zero-order valence-corrected chi connectivity index (χ0v) is 10.3. The molecule has 2 N–H and O–H groups in total. The predicted molar refractivity (Wildman–Crippen MR) is 71.0 cm³/mol. The number of hydrogen-bond acceptors (Lipinski definition) is 3. The van der Waals surface area contributed by atoms with Crippen LogP contribution in [0.15, 0.2) is 18.3 Å². The lowest BCUT2D eigenvalue weighted by Gasteiger charge is -2.31. The van der Waals surface area contributed by atoms with E-state index in [2.05, 4.69) is 9.88 Å². The van der Waals surface area contributed by atoms with Crippen molar-refractivity contribution in [3.63, 3.8) is 0 Å². The van der Waals surface area contributed by atoms with Gasteiger partial charge in [0, 0.05) is 18.8 Å². The smallest absolute Gasteiger partial charge is 0.152 e. The molecule has 2 fully saturated rings. The minimum absolute atomic E-state index is 0.690. The zero-order chi connectivity index (χ0) is 11.7. The van der Waals surface area contributed by atoms with Gasteiger partial charge in [0.2, 0.25) is 0 Å². The molecule has 0 aromatic carbocycles. The molecule has 92 valence electrons. The number of nitrogens with zero attached hydrogens (tertiary/aromatic N) is 2. The van der Waals surface area contributed by atoms with Gasteiger partial charge in [-0.1, -0.05) is 12.8 Å². The molecule has 17 heavy (non-hydrogen) atoms. The average Bonchev–Trinajstić information content (AvgIpc) is 3.00. The average molecular weight is 231 g/mol. The first kappa shape index (κ1) is 10.9. The van der Waals surface area contributed by atoms with E-state index in [1.54, 1.807) is 0 Å². The summed E-state index contributed by atoms with van der Waals surface area (Å²) in [5.74, 6) is 1.89. The minimum Gasteiger partial charge on any atom is -0.396 e. The van der Waals surface area contributed by atoms with Crippen molar-refractivity contribution < 1.29 is 0 Å². The van der Waals surface area contributed by atoms with Crippen LogP contribution in [0.5, 0.6) is 0 Å². The molecule has 0 amide bonds. The van der Waals surface area contributed by atoms with Gasteiger partial charge in [-0.3, -0.25) is 0 Å². The highest BCUT2D eigenvalue weighted by Crippen LogP contribution is 2.38. The molecular weight excluding hydrogens is 210 g/mol. The van der Waals surface area contributed by atoms with Crippen molar-refractivity contribution in [1.29, 1.82) is 0 Å². The maximum absolute atomic E-state index is 6.06. The van der Waals surface area contributed by atoms with Crippen molar-refractivity contribution in [1.82, 2.24) is 4.98 Å². The van der Waals surface area contributed by atoms with Gasteiger partial charge in [0.05, 0.1) is 5.69 Å². The molecule has 1 saturated carbocycles. The SMILES string of the molecule is Nc1cccnc1N1CCCC1C1CCCC1. The summed E-state index contributed by atoms with van der Waals surface area (Å²) in [4.78, 5) is 6.95. The summed E-state index contributed by atoms with van der Waals surface area (Å²) < 4.78 is 0. The molecule has 2 heterocycles. The maximum Gasteiger partial charge on any atom is 0.152 e. The Morgan fingerprint density at radius 1 is 1.18 bits per heavy atom. The minimum atomic E-state index is 0.690. The highest BCUT2D eigenvalue weighted by molar-refractivity contribution is 5.63. The summed E-state index contributed by atoms with van der Waals surface area (Å²) >= 11 is 0. The Balaban J connectivity index is 1.84. The van der Waals surface area contributed by atoms with Crippen LogP contribution in [-0.4, -0.2) is 17.6 Å². The van der Waals surface area contributed by atoms with E-state index in [0.717, 1.165) is 24.0 Å². The van der Waals surface area contributed by atoms with E-state index >= 15 is 0 Å². The molecule has 1 aliphatic carbocycles. The second-order valence-electron chi connectivity index (χ2n) is 5.36. The number of nitrogens with two attached hydrogens (primary N) is 1. The Labute approximate surface area is 103 Å². The van der Waals surface area contributed by atoms with Crippen LogP contribution in [0.25, 0.3) is 0 Å². The van der Waals surface area contributed by atoms with Gasteiger partial charge in [-0.15, -0.1) is 0 Å². The largest absolute Gasteiger partial charge is 0.396 e. The predicted octanol–water partition coefficient (Wildman–Crippen LogP) is 2.82. The van der Waals surface area contributed by atoms with Crippen LogP contribution in [0.1, 0.15) is 38.5 Å². The fourth-order valence-electron chi connectivity index (χ4n) is 3.54. The molecule has 0 radical (unpaired) electrons. The number of nitrogen functional groups attached to an aromatic ring is 1. The monoisotopic (exact) mass is 231 g/mol. The van der Waals surface area contributed by atoms with Gasteiger partial charge in [-0.2, -0.15) is 0 Å². The normalized spacial score (nSPS) is 25.6. The molecule has 1 saturated heterocycles. The van der Waals surface area contributed by atoms with E-state index in [9.17, 15) is 0 Å². The summed E-state index contributed by atoms with van der Waals surface area (Å²) in [6, 6.07) is 4.57. The molecule has 1 unspecified atom stereocenters. The highest BCUT2D eigenvalue weighted by Gasteiger charge is 2.34.